The number of phenolic OH excluding ortho intramolecular Hbond substituents is 1. The Balaban J connectivity index is 0.000000526. The molecule has 2 unspecified atom stereocenters. The van der Waals surface area contributed by atoms with Crippen LogP contribution in [0.3, 0.4) is 0 Å². The number of aromatic hydroxyl groups is 1. The second-order valence-electron chi connectivity index (χ2n) is 12.4. The molecule has 342 valence electrons. The number of carbonyl (C=O) groups excluding carboxylic acids is 3. The molecule has 64 heavy (non-hydrogen) atoms. The molecule has 4 aromatic rings. The minimum atomic E-state index is -2.96. The van der Waals surface area contributed by atoms with Gasteiger partial charge in [-0.05, 0) is 77.2 Å². The molecule has 0 fully saturated rings. The molecular weight excluding hydrogens is 1090 g/mol. The molecule has 0 radical (unpaired) electrons. The minimum absolute atomic E-state index is 0. The maximum atomic E-state index is 13.1. The topological polar surface area (TPSA) is 215 Å². The summed E-state index contributed by atoms with van der Waals surface area (Å²) >= 11 is 2.15. The van der Waals surface area contributed by atoms with Crippen LogP contribution in [0.2, 0.25) is 0 Å². The van der Waals surface area contributed by atoms with E-state index >= 15 is 0 Å². The van der Waals surface area contributed by atoms with Crippen LogP contribution < -0.4 is 99.8 Å². The van der Waals surface area contributed by atoms with E-state index < -0.39 is 42.8 Å². The van der Waals surface area contributed by atoms with Crippen molar-refractivity contribution in [2.24, 2.45) is 21.5 Å². The minimum Gasteiger partial charge on any atom is -0.662 e. The summed E-state index contributed by atoms with van der Waals surface area (Å²) in [5, 5.41) is 18.2. The largest absolute Gasteiger partial charge is 1.00 e. The smallest absolute Gasteiger partial charge is 0.662 e. The van der Waals surface area contributed by atoms with Crippen LogP contribution in [-0.4, -0.2) is 96.8 Å². The van der Waals surface area contributed by atoms with Crippen molar-refractivity contribution < 1.29 is 139 Å². The Bertz CT molecular complexity index is 2160. The number of likely N-dealkylation sites (N-methyl/N-ethyl adjacent to an activating group) is 2. The summed E-state index contributed by atoms with van der Waals surface area (Å²) in [7, 11) is 2.97. The van der Waals surface area contributed by atoms with E-state index in [2.05, 4.69) is 46.9 Å². The van der Waals surface area contributed by atoms with Gasteiger partial charge in [-0.2, -0.15) is 17.6 Å². The van der Waals surface area contributed by atoms with Gasteiger partial charge in [-0.15, -0.1) is 0 Å². The Kier molecular flexibility index (Phi) is 25.2. The van der Waals surface area contributed by atoms with E-state index in [9.17, 15) is 41.0 Å². The molecule has 0 aliphatic carbocycles. The maximum absolute atomic E-state index is 13.1. The zero-order valence-electron chi connectivity index (χ0n) is 33.8. The second kappa shape index (κ2) is 27.9. The molecule has 6 rings (SSSR count). The molecule has 4 aromatic carbocycles. The number of halogens is 7. The van der Waals surface area contributed by atoms with Crippen molar-refractivity contribution in [2.75, 3.05) is 38.5 Å². The van der Waals surface area contributed by atoms with Crippen molar-refractivity contribution in [3.63, 3.8) is 0 Å². The predicted octanol–water partition coefficient (Wildman–Crippen LogP) is 2.55. The van der Waals surface area contributed by atoms with E-state index in [4.69, 9.17) is 26.3 Å². The average molecular weight is 1140 g/mol. The van der Waals surface area contributed by atoms with Crippen molar-refractivity contribution in [1.82, 2.24) is 9.80 Å². The van der Waals surface area contributed by atoms with Crippen molar-refractivity contribution in [3.05, 3.63) is 119 Å². The Morgan fingerprint density at radius 2 is 1.16 bits per heavy atom. The molecule has 2 heterocycles. The Morgan fingerprint density at radius 1 is 0.734 bits per heavy atom. The first-order valence-electron chi connectivity index (χ1n) is 17.9. The summed E-state index contributed by atoms with van der Waals surface area (Å²) < 4.78 is 87.8. The van der Waals surface area contributed by atoms with Gasteiger partial charge < -0.3 is 40.9 Å². The van der Waals surface area contributed by atoms with E-state index in [0.29, 0.717) is 34.4 Å². The number of ether oxygens (including phenoxy) is 3. The number of alkyl halides is 7. The van der Waals surface area contributed by atoms with Gasteiger partial charge in [0.25, 0.3) is 18.3 Å². The van der Waals surface area contributed by atoms with E-state index in [-0.39, 0.29) is 125 Å². The third-order valence-corrected chi connectivity index (χ3v) is 9.41. The van der Waals surface area contributed by atoms with Crippen LogP contribution in [0.25, 0.3) is 0 Å². The molecule has 5 N–H and O–H groups in total. The number of phenols is 1. The molecule has 2 atom stereocenters. The molecule has 0 saturated heterocycles. The molecule has 0 aromatic heterocycles. The summed E-state index contributed by atoms with van der Waals surface area (Å²) in [6.45, 7) is -7.04. The van der Waals surface area contributed by atoms with Gasteiger partial charge in [-0.1, -0.05) is 78.5 Å². The summed E-state index contributed by atoms with van der Waals surface area (Å²) in [4.78, 5) is 48.4. The zero-order valence-corrected chi connectivity index (χ0v) is 42.2. The number of rotatable bonds is 14. The van der Waals surface area contributed by atoms with Crippen LogP contribution in [0.1, 0.15) is 36.1 Å². The number of benzene rings is 4. The fourth-order valence-electron chi connectivity index (χ4n) is 5.87. The molecule has 15 nitrogen and oxygen atoms in total. The number of guanidine groups is 2. The average Bonchev–Trinajstić information content (AvgIpc) is 3.63. The number of amides is 2. The van der Waals surface area contributed by atoms with Gasteiger partial charge in [0.1, 0.15) is 36.3 Å². The van der Waals surface area contributed by atoms with Crippen LogP contribution in [0.4, 0.5) is 26.3 Å². The number of hydrogen-bond acceptors (Lipinski definition) is 13. The molecule has 2 aliphatic rings. The number of hydrogen-bond donors (Lipinski definition) is 3. The van der Waals surface area contributed by atoms with E-state index in [0.717, 1.165) is 4.43 Å². The van der Waals surface area contributed by atoms with Crippen molar-refractivity contribution in [3.8, 4) is 23.0 Å². The monoisotopic (exact) mass is 1140 g/mol. The van der Waals surface area contributed by atoms with Crippen LogP contribution in [0.5, 0.6) is 23.0 Å². The number of nitrogens with two attached hydrogens (primary N) is 2. The summed E-state index contributed by atoms with van der Waals surface area (Å²) in [5.41, 5.74) is 10.4. The van der Waals surface area contributed by atoms with Crippen molar-refractivity contribution in [1.29, 1.82) is 0 Å². The molecule has 0 spiro atoms. The van der Waals surface area contributed by atoms with Crippen LogP contribution in [-0.2, 0) is 30.3 Å². The second-order valence-corrected chi connectivity index (χ2v) is 13.5. The van der Waals surface area contributed by atoms with Crippen molar-refractivity contribution in [2.45, 2.75) is 38.1 Å². The number of nitrogens with zero attached hydrogens (tertiary/aromatic N) is 4. The van der Waals surface area contributed by atoms with E-state index in [1.807, 2.05) is 0 Å². The first-order valence-corrected chi connectivity index (χ1v) is 19.4. The van der Waals surface area contributed by atoms with Gasteiger partial charge in [-0.3, -0.25) is 28.6 Å². The normalized spacial score (nSPS) is 17.2. The van der Waals surface area contributed by atoms with Gasteiger partial charge in [0.15, 0.2) is 23.0 Å². The molecule has 2 amide bonds. The van der Waals surface area contributed by atoms with Gasteiger partial charge in [0, 0.05) is 18.5 Å². The Morgan fingerprint density at radius 3 is 1.47 bits per heavy atom. The molecule has 2 aliphatic heterocycles. The van der Waals surface area contributed by atoms with Gasteiger partial charge in [0.2, 0.25) is 0 Å². The Hall–Kier alpha value is -4.25. The number of carbonyl (C=O) groups is 3. The van der Waals surface area contributed by atoms with Crippen LogP contribution in [0, 0.1) is 0 Å². The van der Waals surface area contributed by atoms with Crippen molar-refractivity contribution >= 4 is 52.8 Å². The van der Waals surface area contributed by atoms with E-state index in [1.54, 1.807) is 36.4 Å². The fraction of sp³-hybridized carbons (Fsp3) is 0.293. The molecule has 23 heteroatoms. The van der Waals surface area contributed by atoms with Crippen LogP contribution in [0.15, 0.2) is 107 Å². The van der Waals surface area contributed by atoms with Gasteiger partial charge in [0.05, 0.1) is 6.67 Å². The maximum Gasteiger partial charge on any atom is 1.00 e. The number of aliphatic imine (C=N–C) groups is 2. The fourth-order valence-corrected chi connectivity index (χ4v) is 6.16. The summed E-state index contributed by atoms with van der Waals surface area (Å²) in [5.74, 6) is -0.582. The summed E-state index contributed by atoms with van der Waals surface area (Å²) in [6, 6.07) is 23.8. The predicted molar refractivity (Wildman–Crippen MR) is 226 cm³/mol. The first-order chi connectivity index (χ1) is 29.5. The third kappa shape index (κ3) is 14.6. The third-order valence-electron chi connectivity index (χ3n) is 8.64. The quantitative estimate of drug-likeness (QED) is 0.0417. The van der Waals surface area contributed by atoms with Gasteiger partial charge in [-0.25, -0.2) is 14.4 Å². The van der Waals surface area contributed by atoms with Gasteiger partial charge >= 0.3 is 82.1 Å². The summed E-state index contributed by atoms with van der Waals surface area (Å²) in [6.07, 6.45) is 0.709. The standard InChI is InChI=1S/C19H18F3N3O3.C17H15F2N3O3.C3H6FI.CH2O3.CH4.Cs/c1-25-16(26)19(24-18(25)23,12-5-7-14(8-6-12)28-17(21)22)13-3-2-4-15(11-13)27-10-9-20;1-22-14(24)17(21-16(22)20,11-3-2-4-12(23)9-11)10-5-7-13(8-6-10)25-15(18)19;4-2-1-3-5;2-1-4-3;;/h2-8,11,17H,9-10H2,1H3,(H2,23,24);2-9,15,23H,1H3,(H2,20,21);1-3H2;1,3H;1H4;/q;;;;;+1/p-1. The molecule has 0 saturated carbocycles. The Labute approximate surface area is 437 Å². The SMILES string of the molecule is C.CN1C(=O)C(c2ccc(OC(F)F)cc2)(c2cccc(O)c2)N=C1N.CN1C(=O)C(c2ccc(OC(F)F)cc2)(c2cccc(OCCF)c2)N=C1N.FCCCI.O=CO[O-].[Cs+]. The molecule has 0 bridgehead atoms. The van der Waals surface area contributed by atoms with E-state index in [1.165, 1.54) is 84.6 Å². The molecular formula is C41H44CsF6IN6O9. The zero-order chi connectivity index (χ0) is 46.0. The van der Waals surface area contributed by atoms with Crippen LogP contribution >= 0.6 is 22.6 Å². The first kappa shape index (κ1) is 57.8.